The molecule has 2 heterocycles. The van der Waals surface area contributed by atoms with Crippen molar-refractivity contribution in [1.29, 1.82) is 0 Å². The van der Waals surface area contributed by atoms with Crippen LogP contribution < -0.4 is 0 Å². The van der Waals surface area contributed by atoms with Crippen molar-refractivity contribution in [1.82, 2.24) is 9.80 Å². The molecule has 0 spiro atoms. The van der Waals surface area contributed by atoms with Gasteiger partial charge in [0.05, 0.1) is 0 Å². The number of nitrogens with zero attached hydrogens (tertiary/aromatic N) is 2. The first-order valence-electron chi connectivity index (χ1n) is 9.79. The molecule has 2 saturated heterocycles. The zero-order chi connectivity index (χ0) is 17.6. The van der Waals surface area contributed by atoms with E-state index in [1.165, 1.54) is 11.1 Å². The smallest absolute Gasteiger partial charge is 0.248 e. The van der Waals surface area contributed by atoms with Gasteiger partial charge < -0.3 is 4.90 Å². The molecule has 2 aliphatic heterocycles. The summed E-state index contributed by atoms with van der Waals surface area (Å²) in [5.41, 5.74) is 2.85. The van der Waals surface area contributed by atoms with Crippen molar-refractivity contribution >= 4 is 24.8 Å². The lowest BCUT2D eigenvalue weighted by Crippen LogP contribution is -2.35. The predicted molar refractivity (Wildman–Crippen MR) is 111 cm³/mol. The third kappa shape index (κ3) is 4.77. The summed E-state index contributed by atoms with van der Waals surface area (Å²) >= 11 is 0. The molecule has 1 aromatic rings. The quantitative estimate of drug-likeness (QED) is 0.662. The number of alkyl halides is 2. The van der Waals surface area contributed by atoms with E-state index >= 15 is 0 Å². The van der Waals surface area contributed by atoms with Gasteiger partial charge in [-0.1, -0.05) is 24.3 Å². The second-order valence-corrected chi connectivity index (χ2v) is 8.68. The van der Waals surface area contributed by atoms with Gasteiger partial charge in [-0.15, -0.1) is 24.8 Å². The Labute approximate surface area is 174 Å². The van der Waals surface area contributed by atoms with E-state index in [2.05, 4.69) is 48.0 Å². The molecule has 0 amide bonds. The van der Waals surface area contributed by atoms with Gasteiger partial charge in [0.2, 0.25) is 5.92 Å². The molecule has 0 bridgehead atoms. The molecule has 154 valence electrons. The molecule has 6 heteroatoms. The maximum atomic E-state index is 13.4. The van der Waals surface area contributed by atoms with E-state index in [9.17, 15) is 8.78 Å². The minimum atomic E-state index is -2.41. The number of aryl methyl sites for hydroxylation is 1. The van der Waals surface area contributed by atoms with Gasteiger partial charge in [0.1, 0.15) is 0 Å². The van der Waals surface area contributed by atoms with E-state index in [-0.39, 0.29) is 37.7 Å². The maximum absolute atomic E-state index is 13.4. The van der Waals surface area contributed by atoms with Gasteiger partial charge in [-0.05, 0) is 55.7 Å². The average molecular weight is 421 g/mol. The lowest BCUT2D eigenvalue weighted by Gasteiger charge is -2.32. The van der Waals surface area contributed by atoms with Crippen LogP contribution in [0.5, 0.6) is 0 Å². The van der Waals surface area contributed by atoms with Gasteiger partial charge in [0.25, 0.3) is 0 Å². The number of fused-ring (bicyclic) bond motifs is 1. The number of hydrogen-bond donors (Lipinski definition) is 0. The van der Waals surface area contributed by atoms with Gasteiger partial charge in [-0.3, -0.25) is 4.90 Å². The van der Waals surface area contributed by atoms with Gasteiger partial charge in [0.15, 0.2) is 0 Å². The summed E-state index contributed by atoms with van der Waals surface area (Å²) in [7, 11) is 2.25. The fourth-order valence-corrected chi connectivity index (χ4v) is 5.53. The molecule has 4 rings (SSSR count). The first kappa shape index (κ1) is 22.9. The minimum Gasteiger partial charge on any atom is -0.302 e. The number of benzene rings is 1. The molecule has 2 nitrogen and oxygen atoms in total. The highest BCUT2D eigenvalue weighted by Gasteiger charge is 2.47. The summed E-state index contributed by atoms with van der Waals surface area (Å²) in [6.07, 6.45) is 1.57. The number of hydrogen-bond acceptors (Lipinski definition) is 2. The van der Waals surface area contributed by atoms with Crippen LogP contribution in [0.15, 0.2) is 24.3 Å². The monoisotopic (exact) mass is 420 g/mol. The Bertz CT molecular complexity index is 618. The van der Waals surface area contributed by atoms with Crippen LogP contribution in [0.2, 0.25) is 0 Å². The Hall–Kier alpha value is -0.420. The molecular formula is C21H32Cl2F2N2. The fourth-order valence-electron chi connectivity index (χ4n) is 5.53. The number of likely N-dealkylation sites (tertiary alicyclic amines) is 2. The lowest BCUT2D eigenvalue weighted by atomic mass is 9.86. The average Bonchev–Trinajstić information content (AvgIpc) is 3.06. The molecule has 3 aliphatic rings. The van der Waals surface area contributed by atoms with E-state index in [1.54, 1.807) is 0 Å². The maximum Gasteiger partial charge on any atom is 0.248 e. The summed E-state index contributed by atoms with van der Waals surface area (Å²) in [5.74, 6) is -0.541. The Kier molecular flexibility index (Phi) is 7.57. The van der Waals surface area contributed by atoms with Crippen LogP contribution in [-0.4, -0.2) is 48.9 Å². The third-order valence-electron chi connectivity index (χ3n) is 6.83. The van der Waals surface area contributed by atoms with Crippen molar-refractivity contribution < 1.29 is 8.78 Å². The van der Waals surface area contributed by atoms with Crippen LogP contribution in [0.1, 0.15) is 42.9 Å². The summed E-state index contributed by atoms with van der Waals surface area (Å²) in [6.45, 7) is 6.66. The minimum absolute atomic E-state index is 0. The Morgan fingerprint density at radius 3 is 2.37 bits per heavy atom. The van der Waals surface area contributed by atoms with Crippen molar-refractivity contribution in [3.8, 4) is 0 Å². The first-order chi connectivity index (χ1) is 11.9. The number of halogens is 4. The second kappa shape index (κ2) is 8.94. The Morgan fingerprint density at radius 2 is 1.70 bits per heavy atom. The first-order valence-corrected chi connectivity index (χ1v) is 9.79. The van der Waals surface area contributed by atoms with Crippen LogP contribution >= 0.6 is 24.8 Å². The van der Waals surface area contributed by atoms with E-state index in [4.69, 9.17) is 0 Å². The van der Waals surface area contributed by atoms with Crippen molar-refractivity contribution in [3.63, 3.8) is 0 Å². The Balaban J connectivity index is 0.00000131. The van der Waals surface area contributed by atoms with Crippen LogP contribution in [0, 0.1) is 24.7 Å². The topological polar surface area (TPSA) is 6.48 Å². The van der Waals surface area contributed by atoms with Crippen molar-refractivity contribution in [2.24, 2.45) is 17.8 Å². The fraction of sp³-hybridized carbons (Fsp3) is 0.714. The summed E-state index contributed by atoms with van der Waals surface area (Å²) in [4.78, 5) is 5.10. The highest BCUT2D eigenvalue weighted by Crippen LogP contribution is 2.45. The molecule has 0 aromatic heterocycles. The van der Waals surface area contributed by atoms with Crippen molar-refractivity contribution in [2.75, 3.05) is 33.2 Å². The molecule has 3 atom stereocenters. The molecule has 0 radical (unpaired) electrons. The van der Waals surface area contributed by atoms with Gasteiger partial charge in [-0.25, -0.2) is 8.78 Å². The standard InChI is InChI=1S/C21H30F2N2.2ClH/c1-15-5-3-4-6-18(15)20-19-14-25(13-17(19)12-24(20)2)11-16-7-9-21(22,23)10-8-16;;/h3-6,16-17,19-20H,7-14H2,1-2H3;2*1H/t17-,19+,20-;;/m0../s1. The zero-order valence-electron chi connectivity index (χ0n) is 16.2. The van der Waals surface area contributed by atoms with E-state index in [0.29, 0.717) is 30.7 Å². The van der Waals surface area contributed by atoms with Crippen molar-refractivity contribution in [2.45, 2.75) is 44.6 Å². The van der Waals surface area contributed by atoms with Gasteiger partial charge in [0, 0.05) is 45.1 Å². The molecular weight excluding hydrogens is 389 g/mol. The largest absolute Gasteiger partial charge is 0.302 e. The highest BCUT2D eigenvalue weighted by molar-refractivity contribution is 5.85. The zero-order valence-corrected chi connectivity index (χ0v) is 17.9. The van der Waals surface area contributed by atoms with E-state index in [1.807, 2.05) is 0 Å². The Morgan fingerprint density at radius 1 is 1.04 bits per heavy atom. The summed E-state index contributed by atoms with van der Waals surface area (Å²) in [5, 5.41) is 0. The molecule has 1 aliphatic carbocycles. The lowest BCUT2D eigenvalue weighted by molar-refractivity contribution is -0.0485. The van der Waals surface area contributed by atoms with Crippen LogP contribution in [0.3, 0.4) is 0 Å². The molecule has 0 N–H and O–H groups in total. The SMILES string of the molecule is Cc1ccccc1[C@H]1[C@@H]2CN(CC3CCC(F)(F)CC3)C[C@@H]2CN1C.Cl.Cl. The summed E-state index contributed by atoms with van der Waals surface area (Å²) < 4.78 is 26.8. The normalized spacial score (nSPS) is 31.2. The second-order valence-electron chi connectivity index (χ2n) is 8.68. The number of rotatable bonds is 3. The highest BCUT2D eigenvalue weighted by atomic mass is 35.5. The summed E-state index contributed by atoms with van der Waals surface area (Å²) in [6, 6.07) is 9.27. The van der Waals surface area contributed by atoms with Crippen LogP contribution in [0.4, 0.5) is 8.78 Å². The molecule has 27 heavy (non-hydrogen) atoms. The van der Waals surface area contributed by atoms with Gasteiger partial charge >= 0.3 is 0 Å². The molecule has 3 fully saturated rings. The van der Waals surface area contributed by atoms with E-state index < -0.39 is 5.92 Å². The van der Waals surface area contributed by atoms with Crippen LogP contribution in [-0.2, 0) is 0 Å². The molecule has 0 unspecified atom stereocenters. The van der Waals surface area contributed by atoms with Gasteiger partial charge in [-0.2, -0.15) is 0 Å². The van der Waals surface area contributed by atoms with Crippen molar-refractivity contribution in [3.05, 3.63) is 35.4 Å². The molecule has 1 saturated carbocycles. The van der Waals surface area contributed by atoms with Crippen LogP contribution in [0.25, 0.3) is 0 Å². The molecule has 1 aromatic carbocycles. The predicted octanol–water partition coefficient (Wildman–Crippen LogP) is 5.20. The van der Waals surface area contributed by atoms with E-state index in [0.717, 1.165) is 32.1 Å². The third-order valence-corrected chi connectivity index (χ3v) is 6.83.